The minimum absolute atomic E-state index is 0.0332. The normalized spacial score (nSPS) is 10.9. The number of carbonyl (C=O) groups excluding carboxylic acids is 1. The smallest absolute Gasteiger partial charge is 0.360 e. The van der Waals surface area contributed by atoms with Crippen LogP contribution in [0.3, 0.4) is 0 Å². The van der Waals surface area contributed by atoms with E-state index in [9.17, 15) is 4.79 Å². The van der Waals surface area contributed by atoms with E-state index in [4.69, 9.17) is 42.3 Å². The van der Waals surface area contributed by atoms with Crippen molar-refractivity contribution in [3.63, 3.8) is 0 Å². The highest BCUT2D eigenvalue weighted by Gasteiger charge is 2.20. The maximum atomic E-state index is 12.1. The largest absolute Gasteiger partial charge is 0.493 e. The zero-order valence-corrected chi connectivity index (χ0v) is 19.0. The molecule has 2 aromatic carbocycles. The van der Waals surface area contributed by atoms with Crippen LogP contribution in [0, 0.1) is 0 Å². The van der Waals surface area contributed by atoms with Crippen LogP contribution >= 0.6 is 39.1 Å². The van der Waals surface area contributed by atoms with Crippen LogP contribution in [-0.2, 0) is 21.0 Å². The van der Waals surface area contributed by atoms with Crippen LogP contribution in [0.1, 0.15) is 16.7 Å². The van der Waals surface area contributed by atoms with Gasteiger partial charge in [-0.25, -0.2) is 4.79 Å². The van der Waals surface area contributed by atoms with E-state index in [0.717, 1.165) is 0 Å². The number of methoxy groups -OCH3 is 2. The molecule has 0 saturated carbocycles. The minimum Gasteiger partial charge on any atom is -0.493 e. The van der Waals surface area contributed by atoms with E-state index in [0.29, 0.717) is 32.7 Å². The maximum absolute atomic E-state index is 12.1. The van der Waals surface area contributed by atoms with Crippen LogP contribution in [0.4, 0.5) is 0 Å². The predicted octanol–water partition coefficient (Wildman–Crippen LogP) is 5.34. The van der Waals surface area contributed by atoms with Crippen LogP contribution < -0.4 is 9.47 Å². The van der Waals surface area contributed by atoms with Crippen molar-refractivity contribution in [2.45, 2.75) is 6.61 Å². The third kappa shape index (κ3) is 5.88. The van der Waals surface area contributed by atoms with Crippen molar-refractivity contribution in [2.75, 3.05) is 21.3 Å². The molecule has 2 rings (SSSR count). The first-order valence-corrected chi connectivity index (χ1v) is 9.77. The summed E-state index contributed by atoms with van der Waals surface area (Å²) in [4.78, 5) is 16.9. The Labute approximate surface area is 187 Å². The standard InChI is InChI=1S/C20H18BrCl2NO5/c1-26-15-9-8-12(10-16(22)23)17(21)19(15)29-11-13-6-4-5-7-14(13)18(24-28-3)20(25)27-2/h4-10H,11H2,1-3H3. The van der Waals surface area contributed by atoms with Gasteiger partial charge in [0, 0.05) is 5.56 Å². The molecule has 0 fully saturated rings. The van der Waals surface area contributed by atoms with E-state index in [2.05, 4.69) is 21.1 Å². The summed E-state index contributed by atoms with van der Waals surface area (Å²) in [5.41, 5.74) is 1.96. The molecule has 154 valence electrons. The summed E-state index contributed by atoms with van der Waals surface area (Å²) in [5.74, 6) is 0.340. The highest BCUT2D eigenvalue weighted by molar-refractivity contribution is 9.10. The average Bonchev–Trinajstić information content (AvgIpc) is 2.72. The second-order valence-electron chi connectivity index (χ2n) is 5.49. The summed E-state index contributed by atoms with van der Waals surface area (Å²) in [6, 6.07) is 10.7. The van der Waals surface area contributed by atoms with E-state index in [1.165, 1.54) is 21.3 Å². The molecule has 9 heteroatoms. The average molecular weight is 503 g/mol. The molecule has 2 aromatic rings. The molecule has 0 aliphatic rings. The maximum Gasteiger partial charge on any atom is 0.360 e. The van der Waals surface area contributed by atoms with Gasteiger partial charge < -0.3 is 19.0 Å². The molecular weight excluding hydrogens is 485 g/mol. The van der Waals surface area contributed by atoms with Gasteiger partial charge in [0.25, 0.3) is 0 Å². The minimum atomic E-state index is -0.623. The Morgan fingerprint density at radius 3 is 2.48 bits per heavy atom. The monoisotopic (exact) mass is 501 g/mol. The molecule has 29 heavy (non-hydrogen) atoms. The van der Waals surface area contributed by atoms with Crippen molar-refractivity contribution in [1.29, 1.82) is 0 Å². The number of benzene rings is 2. The Morgan fingerprint density at radius 1 is 1.14 bits per heavy atom. The fraction of sp³-hybridized carbons (Fsp3) is 0.200. The van der Waals surface area contributed by atoms with Gasteiger partial charge in [-0.1, -0.05) is 52.6 Å². The number of hydrogen-bond donors (Lipinski definition) is 0. The lowest BCUT2D eigenvalue weighted by molar-refractivity contribution is -0.132. The van der Waals surface area contributed by atoms with Gasteiger partial charge in [-0.05, 0) is 45.3 Å². The molecule has 6 nitrogen and oxygen atoms in total. The van der Waals surface area contributed by atoms with Crippen molar-refractivity contribution in [2.24, 2.45) is 5.16 Å². The third-order valence-corrected chi connectivity index (χ3v) is 4.82. The molecule has 0 heterocycles. The Hall–Kier alpha value is -2.22. The van der Waals surface area contributed by atoms with Gasteiger partial charge in [0.15, 0.2) is 17.2 Å². The van der Waals surface area contributed by atoms with Gasteiger partial charge in [0.2, 0.25) is 0 Å². The van der Waals surface area contributed by atoms with E-state index >= 15 is 0 Å². The lowest BCUT2D eigenvalue weighted by atomic mass is 10.0. The van der Waals surface area contributed by atoms with E-state index < -0.39 is 5.97 Å². The zero-order chi connectivity index (χ0) is 21.4. The highest BCUT2D eigenvalue weighted by atomic mass is 79.9. The van der Waals surface area contributed by atoms with Gasteiger partial charge in [-0.2, -0.15) is 0 Å². The van der Waals surface area contributed by atoms with Crippen LogP contribution in [0.2, 0.25) is 0 Å². The van der Waals surface area contributed by atoms with Crippen LogP contribution in [0.25, 0.3) is 6.08 Å². The molecule has 0 aromatic heterocycles. The van der Waals surface area contributed by atoms with Gasteiger partial charge in [-0.15, -0.1) is 0 Å². The molecule has 0 unspecified atom stereocenters. The summed E-state index contributed by atoms with van der Waals surface area (Å²) >= 11 is 15.1. The van der Waals surface area contributed by atoms with Gasteiger partial charge in [-0.3, -0.25) is 0 Å². The number of halogens is 3. The Bertz CT molecular complexity index is 942. The number of carbonyl (C=O) groups is 1. The summed E-state index contributed by atoms with van der Waals surface area (Å²) in [6.45, 7) is 0.118. The number of nitrogens with zero attached hydrogens (tertiary/aromatic N) is 1. The predicted molar refractivity (Wildman–Crippen MR) is 117 cm³/mol. The van der Waals surface area contributed by atoms with Crippen LogP contribution in [0.5, 0.6) is 11.5 Å². The van der Waals surface area contributed by atoms with Gasteiger partial charge in [0.05, 0.1) is 18.7 Å². The summed E-state index contributed by atoms with van der Waals surface area (Å²) < 4.78 is 16.9. The first kappa shape index (κ1) is 23.1. The van der Waals surface area contributed by atoms with E-state index in [1.54, 1.807) is 30.3 Å². The van der Waals surface area contributed by atoms with Crippen molar-refractivity contribution in [1.82, 2.24) is 0 Å². The second kappa shape index (κ2) is 11.1. The summed E-state index contributed by atoms with van der Waals surface area (Å²) in [5, 5.41) is 3.79. The lowest BCUT2D eigenvalue weighted by Gasteiger charge is -2.16. The van der Waals surface area contributed by atoms with Crippen molar-refractivity contribution >= 4 is 56.9 Å². The molecule has 0 atom stereocenters. The van der Waals surface area contributed by atoms with Crippen molar-refractivity contribution in [3.05, 3.63) is 62.1 Å². The number of rotatable bonds is 8. The molecule has 0 aliphatic heterocycles. The fourth-order valence-electron chi connectivity index (χ4n) is 2.49. The van der Waals surface area contributed by atoms with Gasteiger partial charge in [0.1, 0.15) is 18.2 Å². The van der Waals surface area contributed by atoms with Gasteiger partial charge >= 0.3 is 5.97 Å². The SMILES string of the molecule is CON=C(C(=O)OC)c1ccccc1COc1c(OC)ccc(C=C(Cl)Cl)c1Br. The van der Waals surface area contributed by atoms with E-state index in [1.807, 2.05) is 12.1 Å². The van der Waals surface area contributed by atoms with E-state index in [-0.39, 0.29) is 16.8 Å². The fourth-order valence-corrected chi connectivity index (χ4v) is 3.28. The quantitative estimate of drug-likeness (QED) is 0.277. The molecule has 0 radical (unpaired) electrons. The Balaban J connectivity index is 2.42. The highest BCUT2D eigenvalue weighted by Crippen LogP contribution is 2.39. The van der Waals surface area contributed by atoms with Crippen LogP contribution in [-0.4, -0.2) is 33.0 Å². The van der Waals surface area contributed by atoms with Crippen molar-refractivity contribution < 1.29 is 23.8 Å². The molecular formula is C20H18BrCl2NO5. The first-order chi connectivity index (χ1) is 13.9. The van der Waals surface area contributed by atoms with Crippen molar-refractivity contribution in [3.8, 4) is 11.5 Å². The topological polar surface area (TPSA) is 66.4 Å². The molecule has 0 N–H and O–H groups in total. The Morgan fingerprint density at radius 2 is 1.86 bits per heavy atom. The number of ether oxygens (including phenoxy) is 3. The third-order valence-electron chi connectivity index (χ3n) is 3.78. The second-order valence-corrected chi connectivity index (χ2v) is 7.29. The van der Waals surface area contributed by atoms with Crippen LogP contribution in [0.15, 0.2) is 50.5 Å². The molecule has 0 spiro atoms. The molecule has 0 aliphatic carbocycles. The zero-order valence-electron chi connectivity index (χ0n) is 15.9. The summed E-state index contributed by atoms with van der Waals surface area (Å²) in [6.07, 6.45) is 1.58. The Kier molecular flexibility index (Phi) is 8.82. The first-order valence-electron chi connectivity index (χ1n) is 8.22. The summed E-state index contributed by atoms with van der Waals surface area (Å²) in [7, 11) is 4.16. The molecule has 0 saturated heterocycles. The molecule has 0 bridgehead atoms. The lowest BCUT2D eigenvalue weighted by Crippen LogP contribution is -2.19. The number of hydrogen-bond acceptors (Lipinski definition) is 6. The number of oxime groups is 1. The molecule has 0 amide bonds. The number of esters is 1.